The molecule has 0 saturated carbocycles. The highest BCUT2D eigenvalue weighted by atomic mass is 31.2. The molecule has 0 aliphatic heterocycles. The predicted octanol–water partition coefficient (Wildman–Crippen LogP) is 11.3. The first-order valence-corrected chi connectivity index (χ1v) is 21.6. The minimum atomic E-state index is -4.40. The molecule has 9 nitrogen and oxygen atoms in total. The normalized spacial score (nSPS) is 14.3. The molecule has 0 bridgehead atoms. The number of hydrogen-bond acceptors (Lipinski definition) is 8. The Balaban J connectivity index is 4.35. The van der Waals surface area contributed by atoms with Gasteiger partial charge >= 0.3 is 19.8 Å². The standard InChI is InChI=1S/C43H72NO8P/c1-3-5-7-9-11-13-15-17-19-20-22-24-26-28-30-32-34-36-43(46)52-41(40-51-53(47,48)50-38-37-44)39-49-42(45)35-33-31-29-27-25-23-21-18-16-14-12-10-8-6-4-2/h5,7,11-14,17-19,21-22,24,28,30,41H,3-4,6,8-10,15-16,20,23,25-27,29,31-40,44H2,1-2H3,(H,47,48)/b7-5-,13-11-,14-12-,19-17-,21-18-,24-22-,30-28-. The minimum Gasteiger partial charge on any atom is -0.462 e. The van der Waals surface area contributed by atoms with E-state index < -0.39 is 32.5 Å². The Hall–Kier alpha value is -2.81. The molecular weight excluding hydrogens is 689 g/mol. The lowest BCUT2D eigenvalue weighted by Gasteiger charge is -2.19. The first kappa shape index (κ1) is 50.2. The van der Waals surface area contributed by atoms with Crippen LogP contribution in [-0.2, 0) is 32.7 Å². The average molecular weight is 762 g/mol. The largest absolute Gasteiger partial charge is 0.472 e. The van der Waals surface area contributed by atoms with Gasteiger partial charge in [0.25, 0.3) is 0 Å². The molecule has 0 rings (SSSR count). The fraction of sp³-hybridized carbons (Fsp3) is 0.628. The predicted molar refractivity (Wildman–Crippen MR) is 219 cm³/mol. The van der Waals surface area contributed by atoms with Gasteiger partial charge in [0.05, 0.1) is 13.2 Å². The second-order valence-electron chi connectivity index (χ2n) is 12.8. The maximum Gasteiger partial charge on any atom is 0.472 e. The van der Waals surface area contributed by atoms with Crippen molar-refractivity contribution in [3.8, 4) is 0 Å². The zero-order valence-electron chi connectivity index (χ0n) is 33.0. The van der Waals surface area contributed by atoms with Crippen molar-refractivity contribution >= 4 is 19.8 Å². The number of esters is 2. The third-order valence-electron chi connectivity index (χ3n) is 7.77. The number of phosphoric ester groups is 1. The Kier molecular flexibility index (Phi) is 36.8. The molecule has 53 heavy (non-hydrogen) atoms. The van der Waals surface area contributed by atoms with Gasteiger partial charge in [-0.1, -0.05) is 131 Å². The summed E-state index contributed by atoms with van der Waals surface area (Å²) in [6.45, 7) is 3.48. The summed E-state index contributed by atoms with van der Waals surface area (Å²) in [6.07, 6.45) is 47.6. The van der Waals surface area contributed by atoms with Crippen molar-refractivity contribution in [3.63, 3.8) is 0 Å². The van der Waals surface area contributed by atoms with E-state index in [-0.39, 0.29) is 32.6 Å². The van der Waals surface area contributed by atoms with Gasteiger partial charge in [-0.2, -0.15) is 0 Å². The summed E-state index contributed by atoms with van der Waals surface area (Å²) in [5.74, 6) is -0.923. The van der Waals surface area contributed by atoms with Crippen LogP contribution in [0.15, 0.2) is 85.1 Å². The van der Waals surface area contributed by atoms with E-state index in [9.17, 15) is 19.0 Å². The first-order valence-electron chi connectivity index (χ1n) is 20.1. The van der Waals surface area contributed by atoms with Gasteiger partial charge in [-0.05, 0) is 83.5 Å². The Bertz CT molecular complexity index is 1140. The summed E-state index contributed by atoms with van der Waals surface area (Å²) in [4.78, 5) is 34.8. The molecule has 0 amide bonds. The third kappa shape index (κ3) is 38.7. The van der Waals surface area contributed by atoms with E-state index in [1.54, 1.807) is 0 Å². The Morgan fingerprint density at radius 1 is 0.585 bits per heavy atom. The molecular formula is C43H72NO8P. The molecule has 302 valence electrons. The van der Waals surface area contributed by atoms with Crippen molar-refractivity contribution in [2.75, 3.05) is 26.4 Å². The molecule has 10 heteroatoms. The smallest absolute Gasteiger partial charge is 0.462 e. The molecule has 0 radical (unpaired) electrons. The molecule has 0 fully saturated rings. The van der Waals surface area contributed by atoms with Crippen LogP contribution < -0.4 is 5.73 Å². The van der Waals surface area contributed by atoms with Crippen LogP contribution in [-0.4, -0.2) is 49.3 Å². The fourth-order valence-corrected chi connectivity index (χ4v) is 5.58. The molecule has 0 aromatic heterocycles. The van der Waals surface area contributed by atoms with Crippen LogP contribution in [0, 0.1) is 0 Å². The maximum atomic E-state index is 12.5. The zero-order valence-corrected chi connectivity index (χ0v) is 33.9. The molecule has 0 saturated heterocycles. The summed E-state index contributed by atoms with van der Waals surface area (Å²) < 4.78 is 32.6. The number of rotatable bonds is 36. The van der Waals surface area contributed by atoms with Gasteiger partial charge in [-0.25, -0.2) is 4.57 Å². The lowest BCUT2D eigenvalue weighted by atomic mass is 10.1. The molecule has 0 aliphatic carbocycles. The first-order chi connectivity index (χ1) is 25.8. The van der Waals surface area contributed by atoms with Crippen molar-refractivity contribution in [3.05, 3.63) is 85.1 Å². The molecule has 0 spiro atoms. The van der Waals surface area contributed by atoms with Gasteiger partial charge in [0.2, 0.25) is 0 Å². The van der Waals surface area contributed by atoms with E-state index in [4.69, 9.17) is 24.3 Å². The summed E-state index contributed by atoms with van der Waals surface area (Å²) in [5.41, 5.74) is 5.33. The third-order valence-corrected chi connectivity index (χ3v) is 8.75. The van der Waals surface area contributed by atoms with Crippen molar-refractivity contribution in [2.45, 2.75) is 148 Å². The summed E-state index contributed by atoms with van der Waals surface area (Å²) in [5, 5.41) is 0. The highest BCUT2D eigenvalue weighted by Crippen LogP contribution is 2.43. The van der Waals surface area contributed by atoms with Gasteiger partial charge in [0.15, 0.2) is 6.10 Å². The lowest BCUT2D eigenvalue weighted by Crippen LogP contribution is -2.29. The van der Waals surface area contributed by atoms with Crippen molar-refractivity contribution < 1.29 is 37.6 Å². The molecule has 0 aromatic rings. The maximum absolute atomic E-state index is 12.5. The Labute approximate surface area is 322 Å². The van der Waals surface area contributed by atoms with E-state index in [2.05, 4.69) is 92.8 Å². The van der Waals surface area contributed by atoms with E-state index in [0.717, 1.165) is 70.6 Å². The average Bonchev–Trinajstić information content (AvgIpc) is 3.14. The number of nitrogens with two attached hydrogens (primary N) is 1. The SMILES string of the molecule is CC/C=C\C/C=C\C/C=C\C/C=C\C/C=C\CCCC(=O)OC(COC(=O)CCCCCCC/C=C\C/C=C\CCCCC)COP(=O)(O)OCCN. The molecule has 3 N–H and O–H groups in total. The molecule has 0 aliphatic rings. The van der Waals surface area contributed by atoms with Gasteiger partial charge < -0.3 is 20.1 Å². The van der Waals surface area contributed by atoms with Crippen LogP contribution >= 0.6 is 7.82 Å². The quantitative estimate of drug-likeness (QED) is 0.0277. The number of carbonyl (C=O) groups is 2. The van der Waals surface area contributed by atoms with Gasteiger partial charge in [0, 0.05) is 19.4 Å². The van der Waals surface area contributed by atoms with Crippen LogP contribution in [0.2, 0.25) is 0 Å². The highest BCUT2D eigenvalue weighted by molar-refractivity contribution is 7.47. The van der Waals surface area contributed by atoms with E-state index in [1.165, 1.54) is 25.7 Å². The second-order valence-corrected chi connectivity index (χ2v) is 14.2. The topological polar surface area (TPSA) is 134 Å². The summed E-state index contributed by atoms with van der Waals surface area (Å²) in [7, 11) is -4.40. The Morgan fingerprint density at radius 2 is 1.06 bits per heavy atom. The van der Waals surface area contributed by atoms with Gasteiger partial charge in [0.1, 0.15) is 6.61 Å². The minimum absolute atomic E-state index is 0.0377. The van der Waals surface area contributed by atoms with Gasteiger partial charge in [-0.3, -0.25) is 18.6 Å². The van der Waals surface area contributed by atoms with Crippen molar-refractivity contribution in [1.29, 1.82) is 0 Å². The van der Waals surface area contributed by atoms with E-state index >= 15 is 0 Å². The van der Waals surface area contributed by atoms with Crippen molar-refractivity contribution in [2.24, 2.45) is 5.73 Å². The van der Waals surface area contributed by atoms with Crippen LogP contribution in [0.3, 0.4) is 0 Å². The number of ether oxygens (including phenoxy) is 2. The Morgan fingerprint density at radius 3 is 1.60 bits per heavy atom. The molecule has 2 unspecified atom stereocenters. The number of allylic oxidation sites excluding steroid dienone is 14. The van der Waals surface area contributed by atoms with Gasteiger partial charge in [-0.15, -0.1) is 0 Å². The molecule has 0 heterocycles. The number of hydrogen-bond donors (Lipinski definition) is 2. The van der Waals surface area contributed by atoms with E-state index in [1.807, 2.05) is 6.08 Å². The summed E-state index contributed by atoms with van der Waals surface area (Å²) in [6, 6.07) is 0. The highest BCUT2D eigenvalue weighted by Gasteiger charge is 2.25. The number of carbonyl (C=O) groups excluding carboxylic acids is 2. The number of unbranched alkanes of at least 4 members (excludes halogenated alkanes) is 9. The van der Waals surface area contributed by atoms with Crippen LogP contribution in [0.25, 0.3) is 0 Å². The van der Waals surface area contributed by atoms with Crippen LogP contribution in [0.4, 0.5) is 0 Å². The van der Waals surface area contributed by atoms with Crippen LogP contribution in [0.5, 0.6) is 0 Å². The second kappa shape index (κ2) is 38.9. The molecule has 2 atom stereocenters. The van der Waals surface area contributed by atoms with Crippen LogP contribution in [0.1, 0.15) is 142 Å². The molecule has 0 aromatic carbocycles. The van der Waals surface area contributed by atoms with Crippen molar-refractivity contribution in [1.82, 2.24) is 0 Å². The lowest BCUT2D eigenvalue weighted by molar-refractivity contribution is -0.161. The number of phosphoric acid groups is 1. The van der Waals surface area contributed by atoms with E-state index in [0.29, 0.717) is 19.3 Å². The fourth-order valence-electron chi connectivity index (χ4n) is 4.82. The summed E-state index contributed by atoms with van der Waals surface area (Å²) >= 11 is 0. The monoisotopic (exact) mass is 761 g/mol. The zero-order chi connectivity index (χ0) is 38.9.